The molecule has 0 saturated heterocycles. The third kappa shape index (κ3) is 5.40. The monoisotopic (exact) mass is 330 g/mol. The molecule has 0 aliphatic rings. The smallest absolute Gasteiger partial charge is 0.130 e. The number of carbonyl (C=O) groups excluding carboxylic acids is 3. The molecule has 0 radical (unpaired) electrons. The lowest BCUT2D eigenvalue weighted by Gasteiger charge is -2.22. The summed E-state index contributed by atoms with van der Waals surface area (Å²) in [4.78, 5) is 34.3. The maximum Gasteiger partial charge on any atom is 0.130 e. The summed E-state index contributed by atoms with van der Waals surface area (Å²) in [5, 5.41) is 0. The lowest BCUT2D eigenvalue weighted by molar-refractivity contribution is -0.117. The Bertz CT molecular complexity index is 542. The van der Waals surface area contributed by atoms with Gasteiger partial charge < -0.3 is 14.4 Å². The average molecular weight is 330 g/mol. The van der Waals surface area contributed by atoms with Crippen molar-refractivity contribution in [1.29, 1.82) is 0 Å². The molecule has 0 unspecified atom stereocenters. The first-order valence-electron chi connectivity index (χ1n) is 8.73. The molecule has 0 N–H and O–H groups in total. The van der Waals surface area contributed by atoms with E-state index in [1.807, 2.05) is 0 Å². The van der Waals surface area contributed by atoms with Crippen molar-refractivity contribution < 1.29 is 14.4 Å². The Morgan fingerprint density at radius 2 is 0.750 bits per heavy atom. The maximum atomic E-state index is 11.4. The summed E-state index contributed by atoms with van der Waals surface area (Å²) < 4.78 is 0. The van der Waals surface area contributed by atoms with Crippen molar-refractivity contribution in [3.63, 3.8) is 0 Å². The van der Waals surface area contributed by atoms with Crippen LogP contribution in [-0.2, 0) is 33.6 Å². The van der Waals surface area contributed by atoms with E-state index in [4.69, 9.17) is 0 Å². The molecule has 0 saturated carbocycles. The first-order valence-corrected chi connectivity index (χ1v) is 8.73. The van der Waals surface area contributed by atoms with Crippen LogP contribution in [-0.4, -0.2) is 17.3 Å². The van der Waals surface area contributed by atoms with Gasteiger partial charge in [-0.25, -0.2) is 0 Å². The fraction of sp³-hybridized carbons (Fsp3) is 0.571. The zero-order valence-corrected chi connectivity index (χ0v) is 16.0. The van der Waals surface area contributed by atoms with E-state index < -0.39 is 0 Å². The molecule has 0 spiro atoms. The van der Waals surface area contributed by atoms with E-state index in [-0.39, 0.29) is 17.3 Å². The van der Waals surface area contributed by atoms with Gasteiger partial charge in [0.25, 0.3) is 0 Å². The van der Waals surface area contributed by atoms with Gasteiger partial charge in [0, 0.05) is 19.3 Å². The van der Waals surface area contributed by atoms with Gasteiger partial charge in [0.05, 0.1) is 0 Å². The summed E-state index contributed by atoms with van der Waals surface area (Å²) in [5.41, 5.74) is 7.27. The quantitative estimate of drug-likeness (QED) is 0.682. The number of hydrogen-bond donors (Lipinski definition) is 0. The highest BCUT2D eigenvalue weighted by Gasteiger charge is 2.17. The van der Waals surface area contributed by atoms with Gasteiger partial charge in [0.2, 0.25) is 0 Å². The Morgan fingerprint density at radius 3 is 0.917 bits per heavy atom. The Balaban J connectivity index is 3.36. The third-order valence-electron chi connectivity index (χ3n) is 4.90. The lowest BCUT2D eigenvalue weighted by Crippen LogP contribution is -2.11. The summed E-state index contributed by atoms with van der Waals surface area (Å²) in [5.74, 6) is 0.555. The number of hydrogen-bond acceptors (Lipinski definition) is 3. The molecule has 24 heavy (non-hydrogen) atoms. The van der Waals surface area contributed by atoms with Gasteiger partial charge in [-0.15, -0.1) is 0 Å². The summed E-state index contributed by atoms with van der Waals surface area (Å²) in [6.45, 7) is 11.1. The van der Waals surface area contributed by atoms with Crippen LogP contribution in [0.15, 0.2) is 0 Å². The summed E-state index contributed by atoms with van der Waals surface area (Å²) >= 11 is 0. The molecule has 0 aliphatic carbocycles. The van der Waals surface area contributed by atoms with Crippen LogP contribution in [0, 0.1) is 20.8 Å². The van der Waals surface area contributed by atoms with Crippen molar-refractivity contribution in [3.05, 3.63) is 33.4 Å². The van der Waals surface area contributed by atoms with Crippen molar-refractivity contribution in [2.45, 2.75) is 80.1 Å². The molecule has 0 amide bonds. The van der Waals surface area contributed by atoms with Gasteiger partial charge in [0.15, 0.2) is 0 Å². The molecule has 1 rings (SSSR count). The highest BCUT2D eigenvalue weighted by atomic mass is 16.1. The number of Topliss-reactive ketones (excluding diaryl/α,β-unsaturated/α-hetero) is 3. The highest BCUT2D eigenvalue weighted by molar-refractivity contribution is 5.77. The SMILES string of the molecule is CC(=O)CCc1c(C)c(CCC(C)=O)c(C)c(CCC(C)=O)c1C. The second-order valence-electron chi connectivity index (χ2n) is 6.92. The fourth-order valence-corrected chi connectivity index (χ4v) is 3.42. The minimum Gasteiger partial charge on any atom is -0.300 e. The van der Waals surface area contributed by atoms with Crippen LogP contribution in [0.1, 0.15) is 73.4 Å². The van der Waals surface area contributed by atoms with Crippen LogP contribution in [0.3, 0.4) is 0 Å². The van der Waals surface area contributed by atoms with Crippen molar-refractivity contribution in [1.82, 2.24) is 0 Å². The van der Waals surface area contributed by atoms with E-state index in [1.165, 1.54) is 33.4 Å². The molecule has 132 valence electrons. The fourth-order valence-electron chi connectivity index (χ4n) is 3.42. The number of rotatable bonds is 9. The minimum atomic E-state index is 0.185. The van der Waals surface area contributed by atoms with E-state index in [9.17, 15) is 14.4 Å². The Kier molecular flexibility index (Phi) is 7.53. The summed E-state index contributed by atoms with van der Waals surface area (Å²) in [6, 6.07) is 0. The van der Waals surface area contributed by atoms with Crippen LogP contribution in [0.4, 0.5) is 0 Å². The van der Waals surface area contributed by atoms with E-state index in [0.717, 1.165) is 19.3 Å². The summed E-state index contributed by atoms with van der Waals surface area (Å²) in [6.07, 6.45) is 3.78. The Hall–Kier alpha value is -1.77. The van der Waals surface area contributed by atoms with Crippen molar-refractivity contribution in [3.8, 4) is 0 Å². The zero-order chi connectivity index (χ0) is 18.4. The molecule has 0 atom stereocenters. The molecule has 0 bridgehead atoms. The van der Waals surface area contributed by atoms with Gasteiger partial charge >= 0.3 is 0 Å². The van der Waals surface area contributed by atoms with Gasteiger partial charge in [-0.3, -0.25) is 0 Å². The Labute approximate surface area is 145 Å². The van der Waals surface area contributed by atoms with Crippen LogP contribution >= 0.6 is 0 Å². The summed E-state index contributed by atoms with van der Waals surface area (Å²) in [7, 11) is 0. The molecular weight excluding hydrogens is 300 g/mol. The van der Waals surface area contributed by atoms with Crippen molar-refractivity contribution >= 4 is 17.3 Å². The second kappa shape index (κ2) is 8.91. The van der Waals surface area contributed by atoms with Gasteiger partial charge in [-0.1, -0.05) is 0 Å². The number of ketones is 3. The van der Waals surface area contributed by atoms with Crippen molar-refractivity contribution in [2.24, 2.45) is 0 Å². The standard InChI is InChI=1S/C21H30O3/c1-13(22)7-10-19-16(4)20(11-8-14(2)23)18(6)21(17(19)5)12-9-15(3)24/h7-12H2,1-6H3. The number of carbonyl (C=O) groups is 3. The third-order valence-corrected chi connectivity index (χ3v) is 4.90. The molecule has 0 aromatic heterocycles. The van der Waals surface area contributed by atoms with E-state index in [2.05, 4.69) is 20.8 Å². The molecular formula is C21H30O3. The minimum absolute atomic E-state index is 0.185. The predicted octanol–water partition coefficient (Wildman–Crippen LogP) is 4.18. The first kappa shape index (κ1) is 20.3. The van der Waals surface area contributed by atoms with Crippen LogP contribution in [0.25, 0.3) is 0 Å². The van der Waals surface area contributed by atoms with Gasteiger partial charge in [-0.05, 0) is 94.2 Å². The molecule has 0 aliphatic heterocycles. The zero-order valence-electron chi connectivity index (χ0n) is 16.0. The van der Waals surface area contributed by atoms with Crippen LogP contribution in [0.2, 0.25) is 0 Å². The first-order chi connectivity index (χ1) is 11.1. The maximum absolute atomic E-state index is 11.4. The van der Waals surface area contributed by atoms with Crippen LogP contribution in [0.5, 0.6) is 0 Å². The van der Waals surface area contributed by atoms with E-state index in [0.29, 0.717) is 19.3 Å². The van der Waals surface area contributed by atoms with Gasteiger partial charge in [0.1, 0.15) is 17.3 Å². The molecule has 1 aromatic carbocycles. The van der Waals surface area contributed by atoms with E-state index in [1.54, 1.807) is 20.8 Å². The molecule has 3 nitrogen and oxygen atoms in total. The predicted molar refractivity (Wildman–Crippen MR) is 97.7 cm³/mol. The average Bonchev–Trinajstić information content (AvgIpc) is 2.45. The lowest BCUT2D eigenvalue weighted by atomic mass is 9.83. The molecule has 3 heteroatoms. The largest absolute Gasteiger partial charge is 0.300 e. The van der Waals surface area contributed by atoms with Crippen LogP contribution < -0.4 is 0 Å². The Morgan fingerprint density at radius 1 is 0.542 bits per heavy atom. The number of benzene rings is 1. The normalized spacial score (nSPS) is 10.8. The second-order valence-corrected chi connectivity index (χ2v) is 6.92. The molecule has 0 fully saturated rings. The highest BCUT2D eigenvalue weighted by Crippen LogP contribution is 2.30. The van der Waals surface area contributed by atoms with Crippen molar-refractivity contribution in [2.75, 3.05) is 0 Å². The van der Waals surface area contributed by atoms with Gasteiger partial charge in [-0.2, -0.15) is 0 Å². The molecule has 1 aromatic rings. The van der Waals surface area contributed by atoms with E-state index >= 15 is 0 Å². The topological polar surface area (TPSA) is 51.2 Å². The molecule has 0 heterocycles.